The van der Waals surface area contributed by atoms with E-state index >= 15 is 0 Å². The Labute approximate surface area is 101 Å². The van der Waals surface area contributed by atoms with Gasteiger partial charge in [0.05, 0.1) is 6.10 Å². The van der Waals surface area contributed by atoms with Crippen molar-refractivity contribution < 1.29 is 9.63 Å². The van der Waals surface area contributed by atoms with Gasteiger partial charge in [-0.25, -0.2) is 5.48 Å². The van der Waals surface area contributed by atoms with Gasteiger partial charge in [0.15, 0.2) is 0 Å². The highest BCUT2D eigenvalue weighted by Crippen LogP contribution is 2.20. The van der Waals surface area contributed by atoms with E-state index in [-0.39, 0.29) is 12.0 Å². The normalized spacial score (nSPS) is 16.1. The molecule has 1 aromatic rings. The zero-order valence-electron chi connectivity index (χ0n) is 10.0. The quantitative estimate of drug-likeness (QED) is 0.622. The van der Waals surface area contributed by atoms with Gasteiger partial charge in [0.1, 0.15) is 0 Å². The number of anilines is 1. The van der Waals surface area contributed by atoms with Crippen molar-refractivity contribution >= 4 is 11.6 Å². The Hall–Kier alpha value is -1.55. The van der Waals surface area contributed by atoms with Crippen molar-refractivity contribution in [1.29, 1.82) is 0 Å². The summed E-state index contributed by atoms with van der Waals surface area (Å²) in [5, 5.41) is 0. The lowest BCUT2D eigenvalue weighted by Gasteiger charge is -2.13. The predicted molar refractivity (Wildman–Crippen MR) is 66.4 cm³/mol. The fraction of sp³-hybridized carbons (Fsp3) is 0.462. The standard InChI is InChI=1S/C13H18N2O2/c1-9-11(7-4-8-12(9)14)13(16)15-17-10-5-2-3-6-10/h4,7-8,10H,2-3,5-6,14H2,1H3,(H,15,16). The summed E-state index contributed by atoms with van der Waals surface area (Å²) in [6.45, 7) is 1.83. The number of carbonyl (C=O) groups is 1. The molecule has 92 valence electrons. The van der Waals surface area contributed by atoms with E-state index in [0.29, 0.717) is 11.3 Å². The zero-order chi connectivity index (χ0) is 12.3. The molecule has 1 aromatic carbocycles. The van der Waals surface area contributed by atoms with Gasteiger partial charge in [-0.1, -0.05) is 18.9 Å². The van der Waals surface area contributed by atoms with Crippen LogP contribution in [-0.2, 0) is 4.84 Å². The molecule has 4 nitrogen and oxygen atoms in total. The predicted octanol–water partition coefficient (Wildman–Crippen LogP) is 2.18. The summed E-state index contributed by atoms with van der Waals surface area (Å²) >= 11 is 0. The van der Waals surface area contributed by atoms with Gasteiger partial charge in [-0.05, 0) is 37.5 Å². The van der Waals surface area contributed by atoms with Crippen LogP contribution in [-0.4, -0.2) is 12.0 Å². The summed E-state index contributed by atoms with van der Waals surface area (Å²) in [5.41, 5.74) is 10.3. The van der Waals surface area contributed by atoms with E-state index in [2.05, 4.69) is 5.48 Å². The largest absolute Gasteiger partial charge is 0.398 e. The maximum atomic E-state index is 11.9. The average Bonchev–Trinajstić information content (AvgIpc) is 2.82. The molecule has 1 amide bonds. The van der Waals surface area contributed by atoms with E-state index < -0.39 is 0 Å². The second-order valence-electron chi connectivity index (χ2n) is 4.48. The topological polar surface area (TPSA) is 64.4 Å². The lowest BCUT2D eigenvalue weighted by Crippen LogP contribution is -2.28. The summed E-state index contributed by atoms with van der Waals surface area (Å²) in [6.07, 6.45) is 4.57. The number of hydrogen-bond acceptors (Lipinski definition) is 3. The molecule has 0 saturated heterocycles. The van der Waals surface area contributed by atoms with E-state index in [1.807, 2.05) is 6.92 Å². The minimum absolute atomic E-state index is 0.167. The van der Waals surface area contributed by atoms with Crippen molar-refractivity contribution in [2.75, 3.05) is 5.73 Å². The van der Waals surface area contributed by atoms with Crippen LogP contribution >= 0.6 is 0 Å². The van der Waals surface area contributed by atoms with E-state index in [4.69, 9.17) is 10.6 Å². The fourth-order valence-electron chi connectivity index (χ4n) is 2.10. The summed E-state index contributed by atoms with van der Waals surface area (Å²) in [6, 6.07) is 5.30. The van der Waals surface area contributed by atoms with Crippen LogP contribution in [0.1, 0.15) is 41.6 Å². The number of rotatable bonds is 3. The highest BCUT2D eigenvalue weighted by atomic mass is 16.7. The van der Waals surface area contributed by atoms with Gasteiger partial charge >= 0.3 is 0 Å². The Morgan fingerprint density at radius 1 is 1.41 bits per heavy atom. The Bertz CT molecular complexity index is 412. The third-order valence-electron chi connectivity index (χ3n) is 3.24. The molecule has 1 fully saturated rings. The van der Waals surface area contributed by atoms with Crippen LogP contribution in [0.4, 0.5) is 5.69 Å². The lowest BCUT2D eigenvalue weighted by molar-refractivity contribution is -0.0125. The molecule has 4 heteroatoms. The van der Waals surface area contributed by atoms with Crippen LogP contribution in [0.5, 0.6) is 0 Å². The second-order valence-corrected chi connectivity index (χ2v) is 4.48. The van der Waals surface area contributed by atoms with Crippen molar-refractivity contribution in [3.63, 3.8) is 0 Å². The van der Waals surface area contributed by atoms with Crippen molar-refractivity contribution in [3.05, 3.63) is 29.3 Å². The molecule has 0 atom stereocenters. The first-order valence-corrected chi connectivity index (χ1v) is 5.99. The van der Waals surface area contributed by atoms with Crippen molar-refractivity contribution in [3.8, 4) is 0 Å². The zero-order valence-corrected chi connectivity index (χ0v) is 10.0. The van der Waals surface area contributed by atoms with Crippen LogP contribution in [0.15, 0.2) is 18.2 Å². The first-order chi connectivity index (χ1) is 8.18. The Balaban J connectivity index is 1.97. The summed E-state index contributed by atoms with van der Waals surface area (Å²) in [4.78, 5) is 17.3. The average molecular weight is 234 g/mol. The molecule has 3 N–H and O–H groups in total. The number of hydrogen-bond donors (Lipinski definition) is 2. The molecule has 0 radical (unpaired) electrons. The Kier molecular flexibility index (Phi) is 3.64. The van der Waals surface area contributed by atoms with Crippen LogP contribution in [0, 0.1) is 6.92 Å². The van der Waals surface area contributed by atoms with Gasteiger partial charge in [-0.15, -0.1) is 0 Å². The Morgan fingerprint density at radius 3 is 2.82 bits per heavy atom. The number of nitrogens with two attached hydrogens (primary N) is 1. The molecular weight excluding hydrogens is 216 g/mol. The van der Waals surface area contributed by atoms with Crippen LogP contribution in [0.3, 0.4) is 0 Å². The molecule has 0 spiro atoms. The third kappa shape index (κ3) is 2.77. The van der Waals surface area contributed by atoms with Crippen molar-refractivity contribution in [2.24, 2.45) is 0 Å². The second kappa shape index (κ2) is 5.19. The maximum Gasteiger partial charge on any atom is 0.275 e. The summed E-state index contributed by atoms with van der Waals surface area (Å²) in [7, 11) is 0. The number of amides is 1. The number of nitrogen functional groups attached to an aromatic ring is 1. The molecule has 1 aliphatic rings. The van der Waals surface area contributed by atoms with Gasteiger partial charge in [0.2, 0.25) is 0 Å². The molecule has 17 heavy (non-hydrogen) atoms. The molecule has 0 unspecified atom stereocenters. The molecule has 2 rings (SSSR count). The lowest BCUT2D eigenvalue weighted by atomic mass is 10.1. The molecule has 1 saturated carbocycles. The minimum atomic E-state index is -0.221. The van der Waals surface area contributed by atoms with Crippen LogP contribution in [0.2, 0.25) is 0 Å². The number of hydroxylamine groups is 1. The van der Waals surface area contributed by atoms with E-state index in [1.165, 1.54) is 12.8 Å². The minimum Gasteiger partial charge on any atom is -0.398 e. The number of benzene rings is 1. The van der Waals surface area contributed by atoms with E-state index in [0.717, 1.165) is 18.4 Å². The highest BCUT2D eigenvalue weighted by Gasteiger charge is 2.18. The van der Waals surface area contributed by atoms with Crippen molar-refractivity contribution in [1.82, 2.24) is 5.48 Å². The van der Waals surface area contributed by atoms with Gasteiger partial charge in [0.25, 0.3) is 5.91 Å². The van der Waals surface area contributed by atoms with Crippen molar-refractivity contribution in [2.45, 2.75) is 38.7 Å². The molecular formula is C13H18N2O2. The van der Waals surface area contributed by atoms with Gasteiger partial charge in [0, 0.05) is 11.3 Å². The smallest absolute Gasteiger partial charge is 0.275 e. The summed E-state index contributed by atoms with van der Waals surface area (Å²) < 4.78 is 0. The fourth-order valence-corrected chi connectivity index (χ4v) is 2.10. The Morgan fingerprint density at radius 2 is 2.12 bits per heavy atom. The number of carbonyl (C=O) groups excluding carboxylic acids is 1. The van der Waals surface area contributed by atoms with Gasteiger partial charge in [-0.3, -0.25) is 9.63 Å². The summed E-state index contributed by atoms with van der Waals surface area (Å²) in [5.74, 6) is -0.221. The highest BCUT2D eigenvalue weighted by molar-refractivity contribution is 5.96. The number of nitrogens with one attached hydrogen (secondary N) is 1. The van der Waals surface area contributed by atoms with Crippen LogP contribution in [0.25, 0.3) is 0 Å². The molecule has 0 heterocycles. The van der Waals surface area contributed by atoms with Gasteiger partial charge in [-0.2, -0.15) is 0 Å². The molecule has 0 aromatic heterocycles. The van der Waals surface area contributed by atoms with E-state index in [9.17, 15) is 4.79 Å². The maximum absolute atomic E-state index is 11.9. The SMILES string of the molecule is Cc1c(N)cccc1C(=O)NOC1CCCC1. The molecule has 0 bridgehead atoms. The van der Waals surface area contributed by atoms with E-state index in [1.54, 1.807) is 18.2 Å². The third-order valence-corrected chi connectivity index (χ3v) is 3.24. The van der Waals surface area contributed by atoms with Gasteiger partial charge < -0.3 is 5.73 Å². The molecule has 1 aliphatic carbocycles. The monoisotopic (exact) mass is 234 g/mol. The first-order valence-electron chi connectivity index (χ1n) is 5.99. The first kappa shape index (κ1) is 11.9. The molecule has 0 aliphatic heterocycles. The van der Waals surface area contributed by atoms with Crippen LogP contribution < -0.4 is 11.2 Å².